The Morgan fingerprint density at radius 2 is 1.29 bits per heavy atom. The molecule has 4 heteroatoms. The molecule has 1 aliphatic heterocycles. The van der Waals surface area contributed by atoms with Crippen molar-refractivity contribution in [1.29, 1.82) is 0 Å². The SMILES string of the molecule is CC.CC.CC.COC(=O)c1ccc(-c2ccc(CN3CCCN(C)CC3)cc2)cc1. The maximum Gasteiger partial charge on any atom is 0.337 e. The van der Waals surface area contributed by atoms with Gasteiger partial charge in [-0.15, -0.1) is 0 Å². The van der Waals surface area contributed by atoms with Gasteiger partial charge in [-0.1, -0.05) is 77.9 Å². The number of likely N-dealkylation sites (N-methyl/N-ethyl adjacent to an activating group) is 1. The first-order valence-corrected chi connectivity index (χ1v) is 11.8. The third-order valence-corrected chi connectivity index (χ3v) is 4.81. The number of carbonyl (C=O) groups excluding carboxylic acids is 1. The van der Waals surface area contributed by atoms with Crippen LogP contribution in [-0.4, -0.2) is 56.1 Å². The Labute approximate surface area is 191 Å². The van der Waals surface area contributed by atoms with E-state index >= 15 is 0 Å². The maximum absolute atomic E-state index is 11.5. The molecule has 3 rings (SSSR count). The molecular weight excluding hydrogens is 384 g/mol. The van der Waals surface area contributed by atoms with Crippen LogP contribution in [0.25, 0.3) is 11.1 Å². The number of ether oxygens (including phenoxy) is 1. The van der Waals surface area contributed by atoms with Crippen LogP contribution in [0.5, 0.6) is 0 Å². The van der Waals surface area contributed by atoms with Gasteiger partial charge >= 0.3 is 5.97 Å². The van der Waals surface area contributed by atoms with Gasteiger partial charge in [-0.2, -0.15) is 0 Å². The summed E-state index contributed by atoms with van der Waals surface area (Å²) in [5.74, 6) is -0.301. The molecule has 0 bridgehead atoms. The molecular formula is C27H44N2O2. The molecule has 0 atom stereocenters. The first kappa shape index (κ1) is 28.8. The minimum Gasteiger partial charge on any atom is -0.465 e. The van der Waals surface area contributed by atoms with E-state index in [1.54, 1.807) is 0 Å². The van der Waals surface area contributed by atoms with Crippen molar-refractivity contribution in [3.63, 3.8) is 0 Å². The predicted octanol–water partition coefficient (Wildman–Crippen LogP) is 6.36. The number of nitrogens with zero attached hydrogens (tertiary/aromatic N) is 2. The molecule has 4 nitrogen and oxygen atoms in total. The topological polar surface area (TPSA) is 32.8 Å². The summed E-state index contributed by atoms with van der Waals surface area (Å²) in [7, 11) is 3.60. The number of carbonyl (C=O) groups is 1. The summed E-state index contributed by atoms with van der Waals surface area (Å²) in [4.78, 5) is 16.4. The van der Waals surface area contributed by atoms with Crippen LogP contribution < -0.4 is 0 Å². The zero-order chi connectivity index (χ0) is 23.6. The summed E-state index contributed by atoms with van der Waals surface area (Å²) in [5.41, 5.74) is 4.19. The van der Waals surface area contributed by atoms with Gasteiger partial charge < -0.3 is 9.64 Å². The second kappa shape index (κ2) is 17.5. The molecule has 2 aromatic rings. The highest BCUT2D eigenvalue weighted by molar-refractivity contribution is 5.89. The third-order valence-electron chi connectivity index (χ3n) is 4.81. The van der Waals surface area contributed by atoms with Crippen molar-refractivity contribution in [3.05, 3.63) is 59.7 Å². The number of hydrogen-bond donors (Lipinski definition) is 0. The molecule has 1 heterocycles. The first-order valence-electron chi connectivity index (χ1n) is 11.8. The Balaban J connectivity index is 0.00000138. The Kier molecular flexibility index (Phi) is 16.3. The van der Waals surface area contributed by atoms with Gasteiger partial charge in [0.05, 0.1) is 12.7 Å². The molecule has 174 valence electrons. The first-order chi connectivity index (χ1) is 15.2. The van der Waals surface area contributed by atoms with Gasteiger partial charge in [0.2, 0.25) is 0 Å². The van der Waals surface area contributed by atoms with E-state index in [4.69, 9.17) is 4.74 Å². The van der Waals surface area contributed by atoms with Crippen LogP contribution in [0.3, 0.4) is 0 Å². The Bertz CT molecular complexity index is 696. The highest BCUT2D eigenvalue weighted by Gasteiger charge is 2.12. The van der Waals surface area contributed by atoms with Crippen molar-refractivity contribution in [3.8, 4) is 11.1 Å². The highest BCUT2D eigenvalue weighted by atomic mass is 16.5. The molecule has 0 aliphatic carbocycles. The van der Waals surface area contributed by atoms with Gasteiger partial charge in [0.1, 0.15) is 0 Å². The maximum atomic E-state index is 11.5. The van der Waals surface area contributed by atoms with E-state index in [1.807, 2.05) is 65.8 Å². The lowest BCUT2D eigenvalue weighted by atomic mass is 10.0. The molecule has 31 heavy (non-hydrogen) atoms. The molecule has 2 aromatic carbocycles. The van der Waals surface area contributed by atoms with Crippen LogP contribution in [0.2, 0.25) is 0 Å². The second-order valence-electron chi connectivity index (χ2n) is 6.70. The van der Waals surface area contributed by atoms with Crippen molar-refractivity contribution in [2.75, 3.05) is 40.3 Å². The summed E-state index contributed by atoms with van der Waals surface area (Å²) in [6, 6.07) is 16.3. The van der Waals surface area contributed by atoms with Crippen LogP contribution in [0, 0.1) is 0 Å². The van der Waals surface area contributed by atoms with E-state index < -0.39 is 0 Å². The lowest BCUT2D eigenvalue weighted by Gasteiger charge is -2.20. The number of benzene rings is 2. The average molecular weight is 429 g/mol. The molecule has 0 N–H and O–H groups in total. The van der Waals surface area contributed by atoms with Gasteiger partial charge in [-0.25, -0.2) is 4.79 Å². The van der Waals surface area contributed by atoms with Crippen LogP contribution in [0.15, 0.2) is 48.5 Å². The molecule has 0 radical (unpaired) electrons. The van der Waals surface area contributed by atoms with E-state index in [1.165, 1.54) is 32.2 Å². The average Bonchev–Trinajstić information content (AvgIpc) is 3.07. The van der Waals surface area contributed by atoms with Gasteiger partial charge in [0, 0.05) is 19.6 Å². The molecule has 0 saturated carbocycles. The molecule has 0 unspecified atom stereocenters. The largest absolute Gasteiger partial charge is 0.465 e. The standard InChI is InChI=1S/C21H26N2O2.3C2H6/c1-22-12-3-13-23(15-14-22)16-17-4-6-18(7-5-17)19-8-10-20(11-9-19)21(24)25-2;3*1-2/h4-11H,3,12-16H2,1-2H3;3*1-2H3. The molecule has 0 aromatic heterocycles. The quantitative estimate of drug-likeness (QED) is 0.531. The van der Waals surface area contributed by atoms with Gasteiger partial charge in [0.25, 0.3) is 0 Å². The summed E-state index contributed by atoms with van der Waals surface area (Å²) in [6.45, 7) is 17.6. The zero-order valence-electron chi connectivity index (χ0n) is 21.1. The van der Waals surface area contributed by atoms with E-state index in [0.717, 1.165) is 30.8 Å². The normalized spacial score (nSPS) is 13.8. The number of esters is 1. The van der Waals surface area contributed by atoms with Crippen molar-refractivity contribution in [2.24, 2.45) is 0 Å². The smallest absolute Gasteiger partial charge is 0.337 e. The fourth-order valence-electron chi connectivity index (χ4n) is 3.24. The van der Waals surface area contributed by atoms with Crippen molar-refractivity contribution in [2.45, 2.75) is 54.5 Å². The Morgan fingerprint density at radius 3 is 1.81 bits per heavy atom. The zero-order valence-corrected chi connectivity index (χ0v) is 21.1. The lowest BCUT2D eigenvalue weighted by molar-refractivity contribution is 0.0601. The van der Waals surface area contributed by atoms with Crippen molar-refractivity contribution in [1.82, 2.24) is 9.80 Å². The summed E-state index contributed by atoms with van der Waals surface area (Å²) in [5, 5.41) is 0. The Hall–Kier alpha value is -2.17. The molecule has 1 saturated heterocycles. The summed E-state index contributed by atoms with van der Waals surface area (Å²) in [6.07, 6.45) is 1.24. The molecule has 0 spiro atoms. The van der Waals surface area contributed by atoms with E-state index in [9.17, 15) is 4.79 Å². The fourth-order valence-corrected chi connectivity index (χ4v) is 3.24. The van der Waals surface area contributed by atoms with Crippen molar-refractivity contribution >= 4 is 5.97 Å². The molecule has 0 amide bonds. The summed E-state index contributed by atoms with van der Waals surface area (Å²) >= 11 is 0. The number of hydrogen-bond acceptors (Lipinski definition) is 4. The fraction of sp³-hybridized carbons (Fsp3) is 0.519. The minimum atomic E-state index is -0.301. The second-order valence-corrected chi connectivity index (χ2v) is 6.70. The van der Waals surface area contributed by atoms with Crippen LogP contribution in [-0.2, 0) is 11.3 Å². The van der Waals surface area contributed by atoms with E-state index in [-0.39, 0.29) is 5.97 Å². The molecule has 1 fully saturated rings. The Morgan fingerprint density at radius 1 is 0.774 bits per heavy atom. The van der Waals surface area contributed by atoms with E-state index in [2.05, 4.69) is 41.1 Å². The van der Waals surface area contributed by atoms with Gasteiger partial charge in [0.15, 0.2) is 0 Å². The number of methoxy groups -OCH3 is 1. The monoisotopic (exact) mass is 428 g/mol. The van der Waals surface area contributed by atoms with Crippen LogP contribution >= 0.6 is 0 Å². The minimum absolute atomic E-state index is 0.301. The van der Waals surface area contributed by atoms with Crippen molar-refractivity contribution < 1.29 is 9.53 Å². The third kappa shape index (κ3) is 10.1. The highest BCUT2D eigenvalue weighted by Crippen LogP contribution is 2.21. The predicted molar refractivity (Wildman–Crippen MR) is 135 cm³/mol. The van der Waals surface area contributed by atoms with Gasteiger partial charge in [-0.05, 0) is 55.4 Å². The van der Waals surface area contributed by atoms with Gasteiger partial charge in [-0.3, -0.25) is 4.90 Å². The molecule has 1 aliphatic rings. The lowest BCUT2D eigenvalue weighted by Crippen LogP contribution is -2.28. The van der Waals surface area contributed by atoms with Crippen LogP contribution in [0.1, 0.15) is 63.9 Å². The number of rotatable bonds is 4. The summed E-state index contributed by atoms with van der Waals surface area (Å²) < 4.78 is 4.74. The van der Waals surface area contributed by atoms with Crippen LogP contribution in [0.4, 0.5) is 0 Å². The van der Waals surface area contributed by atoms with E-state index in [0.29, 0.717) is 5.56 Å².